The normalized spacial score (nSPS) is 17.2. The van der Waals surface area contributed by atoms with Gasteiger partial charge in [0.05, 0.1) is 5.01 Å². The average molecular weight is 465 g/mol. The van der Waals surface area contributed by atoms with Crippen LogP contribution in [-0.2, 0) is 6.42 Å². The number of thiazole rings is 1. The quantitative estimate of drug-likeness (QED) is 0.370. The molecule has 1 unspecified atom stereocenters. The molecule has 5 nitrogen and oxygen atoms in total. The van der Waals surface area contributed by atoms with Crippen molar-refractivity contribution in [2.45, 2.75) is 39.5 Å². The molecular formula is C17H32IN5S. The molecule has 0 radical (unpaired) electrons. The van der Waals surface area contributed by atoms with E-state index in [1.54, 1.807) is 11.3 Å². The lowest BCUT2D eigenvalue weighted by Crippen LogP contribution is -2.42. The highest BCUT2D eigenvalue weighted by Crippen LogP contribution is 2.11. The van der Waals surface area contributed by atoms with Gasteiger partial charge in [0.1, 0.15) is 0 Å². The summed E-state index contributed by atoms with van der Waals surface area (Å²) >= 11 is 1.77. The summed E-state index contributed by atoms with van der Waals surface area (Å²) in [5.41, 5.74) is 0. The second-order valence-electron chi connectivity index (χ2n) is 6.46. The van der Waals surface area contributed by atoms with Crippen molar-refractivity contribution in [1.29, 1.82) is 0 Å². The van der Waals surface area contributed by atoms with E-state index in [4.69, 9.17) is 0 Å². The van der Waals surface area contributed by atoms with Crippen LogP contribution in [0.3, 0.4) is 0 Å². The Kier molecular flexibility index (Phi) is 10.8. The van der Waals surface area contributed by atoms with Gasteiger partial charge in [-0.25, -0.2) is 4.98 Å². The van der Waals surface area contributed by atoms with Crippen LogP contribution in [0.25, 0.3) is 0 Å². The maximum atomic E-state index is 4.39. The summed E-state index contributed by atoms with van der Waals surface area (Å²) in [6, 6.07) is 0. The molecular weight excluding hydrogens is 433 g/mol. The number of aliphatic imine (C=N–C) groups is 1. The van der Waals surface area contributed by atoms with Crippen molar-refractivity contribution < 1.29 is 0 Å². The maximum absolute atomic E-state index is 4.39. The molecule has 0 bridgehead atoms. The molecule has 24 heavy (non-hydrogen) atoms. The van der Waals surface area contributed by atoms with Gasteiger partial charge in [-0.1, -0.05) is 13.3 Å². The number of halogens is 1. The van der Waals surface area contributed by atoms with Crippen LogP contribution < -0.4 is 10.6 Å². The first-order chi connectivity index (χ1) is 11.2. The molecule has 0 amide bonds. The highest BCUT2D eigenvalue weighted by Gasteiger charge is 2.13. The highest BCUT2D eigenvalue weighted by atomic mass is 127. The molecule has 2 heterocycles. The highest BCUT2D eigenvalue weighted by molar-refractivity contribution is 14.0. The molecule has 1 aromatic heterocycles. The molecule has 2 rings (SSSR count). The lowest BCUT2D eigenvalue weighted by molar-refractivity contribution is 0.201. The minimum Gasteiger partial charge on any atom is -0.356 e. The number of nitrogens with zero attached hydrogens (tertiary/aromatic N) is 3. The summed E-state index contributed by atoms with van der Waals surface area (Å²) in [6.45, 7) is 9.96. The first kappa shape index (κ1) is 21.6. The Bertz CT molecular complexity index is 485. The Balaban J connectivity index is 0.00000288. The Morgan fingerprint density at radius 2 is 2.08 bits per heavy atom. The van der Waals surface area contributed by atoms with E-state index >= 15 is 0 Å². The topological polar surface area (TPSA) is 52.6 Å². The largest absolute Gasteiger partial charge is 0.356 e. The van der Waals surface area contributed by atoms with Crippen LogP contribution in [0.4, 0.5) is 0 Å². The van der Waals surface area contributed by atoms with Crippen molar-refractivity contribution in [3.63, 3.8) is 0 Å². The van der Waals surface area contributed by atoms with Gasteiger partial charge in [0, 0.05) is 44.2 Å². The first-order valence-electron chi connectivity index (χ1n) is 8.75. The Labute approximate surface area is 167 Å². The van der Waals surface area contributed by atoms with Gasteiger partial charge >= 0.3 is 0 Å². The summed E-state index contributed by atoms with van der Waals surface area (Å²) in [7, 11) is 1.83. The van der Waals surface area contributed by atoms with Crippen LogP contribution in [0, 0.1) is 12.8 Å². The average Bonchev–Trinajstić information content (AvgIpc) is 2.97. The minimum absolute atomic E-state index is 0. The van der Waals surface area contributed by atoms with Gasteiger partial charge in [0.2, 0.25) is 0 Å². The third kappa shape index (κ3) is 8.11. The van der Waals surface area contributed by atoms with Gasteiger partial charge in [-0.3, -0.25) is 4.99 Å². The number of aryl methyl sites for hydroxylation is 1. The summed E-state index contributed by atoms with van der Waals surface area (Å²) in [5, 5.41) is 8.01. The van der Waals surface area contributed by atoms with Crippen molar-refractivity contribution in [2.75, 3.05) is 39.8 Å². The molecule has 7 heteroatoms. The van der Waals surface area contributed by atoms with Crippen LogP contribution in [0.15, 0.2) is 11.2 Å². The van der Waals surface area contributed by atoms with Crippen molar-refractivity contribution in [1.82, 2.24) is 20.5 Å². The third-order valence-electron chi connectivity index (χ3n) is 4.16. The van der Waals surface area contributed by atoms with Gasteiger partial charge in [0.25, 0.3) is 0 Å². The van der Waals surface area contributed by atoms with E-state index in [1.165, 1.54) is 48.8 Å². The molecule has 1 aliphatic heterocycles. The number of aromatic nitrogens is 1. The van der Waals surface area contributed by atoms with Crippen LogP contribution >= 0.6 is 35.3 Å². The van der Waals surface area contributed by atoms with Gasteiger partial charge < -0.3 is 15.5 Å². The standard InChI is InChI=1S/C17H31N5S.HI/c1-14(13-22-9-5-4-6-10-22)11-21-17(18-3)19-8-7-16-20-12-15(2)23-16;/h12,14H,4-11,13H2,1-3H3,(H2,18,19,21);1H. The van der Waals surface area contributed by atoms with Crippen molar-refractivity contribution in [2.24, 2.45) is 10.9 Å². The lowest BCUT2D eigenvalue weighted by atomic mass is 10.1. The monoisotopic (exact) mass is 465 g/mol. The van der Waals surface area contributed by atoms with E-state index in [0.29, 0.717) is 5.92 Å². The smallest absolute Gasteiger partial charge is 0.190 e. The fraction of sp³-hybridized carbons (Fsp3) is 0.765. The van der Waals surface area contributed by atoms with E-state index in [2.05, 4.69) is 39.4 Å². The van der Waals surface area contributed by atoms with Gasteiger partial charge in [0.15, 0.2) is 5.96 Å². The van der Waals surface area contributed by atoms with Crippen LogP contribution in [-0.4, -0.2) is 55.6 Å². The summed E-state index contributed by atoms with van der Waals surface area (Å²) in [4.78, 5) is 12.6. The molecule has 2 N–H and O–H groups in total. The number of guanidine groups is 1. The van der Waals surface area contributed by atoms with Crippen LogP contribution in [0.1, 0.15) is 36.1 Å². The van der Waals surface area contributed by atoms with E-state index < -0.39 is 0 Å². The second kappa shape index (κ2) is 12.0. The van der Waals surface area contributed by atoms with Crippen LogP contribution in [0.2, 0.25) is 0 Å². The lowest BCUT2D eigenvalue weighted by Gasteiger charge is -2.29. The molecule has 0 spiro atoms. The molecule has 0 aliphatic carbocycles. The summed E-state index contributed by atoms with van der Waals surface area (Å²) < 4.78 is 0. The van der Waals surface area contributed by atoms with Crippen molar-refractivity contribution in [3.05, 3.63) is 16.1 Å². The summed E-state index contributed by atoms with van der Waals surface area (Å²) in [6.07, 6.45) is 7.01. The van der Waals surface area contributed by atoms with Gasteiger partial charge in [-0.05, 0) is 38.8 Å². The number of likely N-dealkylation sites (tertiary alicyclic amines) is 1. The number of piperidine rings is 1. The zero-order valence-electron chi connectivity index (χ0n) is 15.2. The first-order valence-corrected chi connectivity index (χ1v) is 9.57. The van der Waals surface area contributed by atoms with E-state index in [9.17, 15) is 0 Å². The minimum atomic E-state index is 0. The maximum Gasteiger partial charge on any atom is 0.190 e. The number of hydrogen-bond donors (Lipinski definition) is 2. The molecule has 0 aromatic carbocycles. The van der Waals surface area contributed by atoms with Gasteiger partial charge in [-0.15, -0.1) is 35.3 Å². The summed E-state index contributed by atoms with van der Waals surface area (Å²) in [5.74, 6) is 1.53. The molecule has 1 aromatic rings. The molecule has 1 fully saturated rings. The fourth-order valence-electron chi connectivity index (χ4n) is 2.94. The predicted molar refractivity (Wildman–Crippen MR) is 115 cm³/mol. The zero-order valence-corrected chi connectivity index (χ0v) is 18.3. The molecule has 1 saturated heterocycles. The van der Waals surface area contributed by atoms with Crippen molar-refractivity contribution in [3.8, 4) is 0 Å². The predicted octanol–water partition coefficient (Wildman–Crippen LogP) is 2.90. The number of hydrogen-bond acceptors (Lipinski definition) is 4. The van der Waals surface area contributed by atoms with Crippen LogP contribution in [0.5, 0.6) is 0 Å². The second-order valence-corrected chi connectivity index (χ2v) is 7.78. The fourth-order valence-corrected chi connectivity index (χ4v) is 3.73. The van der Waals surface area contributed by atoms with E-state index in [0.717, 1.165) is 25.5 Å². The Morgan fingerprint density at radius 3 is 2.71 bits per heavy atom. The third-order valence-corrected chi connectivity index (χ3v) is 5.13. The molecule has 1 aliphatic rings. The number of nitrogens with one attached hydrogen (secondary N) is 2. The molecule has 0 saturated carbocycles. The Morgan fingerprint density at radius 1 is 1.33 bits per heavy atom. The Hall–Kier alpha value is -0.410. The molecule has 138 valence electrons. The SMILES string of the molecule is CN=C(NCCc1ncc(C)s1)NCC(C)CN1CCCCC1.I. The zero-order chi connectivity index (χ0) is 16.5. The van der Waals surface area contributed by atoms with Gasteiger partial charge in [-0.2, -0.15) is 0 Å². The van der Waals surface area contributed by atoms with Crippen molar-refractivity contribution >= 4 is 41.3 Å². The molecule has 1 atom stereocenters. The van der Waals surface area contributed by atoms with E-state index in [1.807, 2.05) is 13.2 Å². The number of rotatable bonds is 7. The van der Waals surface area contributed by atoms with E-state index in [-0.39, 0.29) is 24.0 Å².